The number of para-hydroxylation sites is 1. The zero-order chi connectivity index (χ0) is 20.7. The second-order valence-corrected chi connectivity index (χ2v) is 15.4. The monoisotopic (exact) mass is 415 g/mol. The van der Waals surface area contributed by atoms with Gasteiger partial charge in [-0.3, -0.25) is 4.31 Å². The molecule has 2 aromatic rings. The zero-order valence-electron chi connectivity index (χ0n) is 17.5. The number of fused-ring (bicyclic) bond motifs is 1. The molecule has 6 heteroatoms. The standard InChI is InChI=1S/C22H29NO3SSi/c1-17-11-13-18(14-12-17)27(24,25)23-16-15-21(19-9-7-8-10-20(19)23)26-28(5,6)22(2,3)4/h7-15H,16H2,1-6H3. The highest BCUT2D eigenvalue weighted by atomic mass is 32.2. The third-order valence-electron chi connectivity index (χ3n) is 5.66. The maximum Gasteiger partial charge on any atom is 0.264 e. The lowest BCUT2D eigenvalue weighted by atomic mass is 10.1. The molecule has 28 heavy (non-hydrogen) atoms. The van der Waals surface area contributed by atoms with Crippen LogP contribution < -0.4 is 4.31 Å². The first-order valence-corrected chi connectivity index (χ1v) is 13.9. The maximum absolute atomic E-state index is 13.3. The summed E-state index contributed by atoms with van der Waals surface area (Å²) in [6.07, 6.45) is 1.90. The summed E-state index contributed by atoms with van der Waals surface area (Å²) < 4.78 is 34.5. The number of rotatable bonds is 4. The highest BCUT2D eigenvalue weighted by Crippen LogP contribution is 2.42. The van der Waals surface area contributed by atoms with Gasteiger partial charge in [0.25, 0.3) is 10.0 Å². The van der Waals surface area contributed by atoms with Crippen LogP contribution in [0.3, 0.4) is 0 Å². The summed E-state index contributed by atoms with van der Waals surface area (Å²) in [5.74, 6) is 0.789. The average molecular weight is 416 g/mol. The molecular formula is C22H29NO3SSi. The van der Waals surface area contributed by atoms with E-state index in [0.29, 0.717) is 10.6 Å². The first kappa shape index (κ1) is 20.7. The fraction of sp³-hybridized carbons (Fsp3) is 0.364. The van der Waals surface area contributed by atoms with E-state index in [1.165, 1.54) is 4.31 Å². The minimum absolute atomic E-state index is 0.0634. The summed E-state index contributed by atoms with van der Waals surface area (Å²) >= 11 is 0. The van der Waals surface area contributed by atoms with Crippen LogP contribution in [-0.4, -0.2) is 23.3 Å². The Hall–Kier alpha value is -2.05. The van der Waals surface area contributed by atoms with Gasteiger partial charge in [0.05, 0.1) is 17.1 Å². The molecule has 0 saturated carbocycles. The Labute approximate surface area is 170 Å². The first-order valence-electron chi connectivity index (χ1n) is 9.51. The second kappa shape index (κ2) is 7.08. The molecule has 150 valence electrons. The van der Waals surface area contributed by atoms with Crippen molar-refractivity contribution in [3.8, 4) is 0 Å². The van der Waals surface area contributed by atoms with Gasteiger partial charge in [0.1, 0.15) is 5.76 Å². The predicted molar refractivity (Wildman–Crippen MR) is 118 cm³/mol. The Morgan fingerprint density at radius 1 is 1.00 bits per heavy atom. The van der Waals surface area contributed by atoms with E-state index >= 15 is 0 Å². The molecule has 0 radical (unpaired) electrons. The van der Waals surface area contributed by atoms with E-state index in [-0.39, 0.29) is 11.6 Å². The average Bonchev–Trinajstić information content (AvgIpc) is 2.61. The number of nitrogens with zero attached hydrogens (tertiary/aromatic N) is 1. The maximum atomic E-state index is 13.3. The van der Waals surface area contributed by atoms with Gasteiger partial charge in [0.2, 0.25) is 8.32 Å². The van der Waals surface area contributed by atoms with Crippen molar-refractivity contribution in [1.82, 2.24) is 0 Å². The molecule has 0 unspecified atom stereocenters. The van der Waals surface area contributed by atoms with E-state index in [2.05, 4.69) is 33.9 Å². The largest absolute Gasteiger partial charge is 0.543 e. The Balaban J connectivity index is 2.02. The lowest BCUT2D eigenvalue weighted by molar-refractivity contribution is 0.456. The van der Waals surface area contributed by atoms with Gasteiger partial charge in [0, 0.05) is 5.56 Å². The van der Waals surface area contributed by atoms with Crippen LogP contribution in [0.5, 0.6) is 0 Å². The number of benzene rings is 2. The van der Waals surface area contributed by atoms with Crippen LogP contribution in [0.4, 0.5) is 5.69 Å². The molecular weight excluding hydrogens is 386 g/mol. The summed E-state index contributed by atoms with van der Waals surface area (Å²) in [4.78, 5) is 0.301. The van der Waals surface area contributed by atoms with Crippen LogP contribution in [0.1, 0.15) is 31.9 Å². The van der Waals surface area contributed by atoms with E-state index in [1.807, 2.05) is 49.4 Å². The van der Waals surface area contributed by atoms with Gasteiger partial charge in [-0.15, -0.1) is 0 Å². The van der Waals surface area contributed by atoms with Gasteiger partial charge in [-0.1, -0.05) is 50.6 Å². The van der Waals surface area contributed by atoms with Crippen LogP contribution in [0, 0.1) is 6.92 Å². The van der Waals surface area contributed by atoms with Crippen LogP contribution in [0.15, 0.2) is 59.5 Å². The van der Waals surface area contributed by atoms with Gasteiger partial charge >= 0.3 is 0 Å². The van der Waals surface area contributed by atoms with Crippen LogP contribution >= 0.6 is 0 Å². The van der Waals surface area contributed by atoms with Crippen LogP contribution in [0.2, 0.25) is 18.1 Å². The van der Waals surface area contributed by atoms with E-state index in [4.69, 9.17) is 4.43 Å². The minimum Gasteiger partial charge on any atom is -0.543 e. The van der Waals surface area contributed by atoms with Gasteiger partial charge in [0.15, 0.2) is 0 Å². The molecule has 0 N–H and O–H groups in total. The van der Waals surface area contributed by atoms with Crippen molar-refractivity contribution in [2.24, 2.45) is 0 Å². The van der Waals surface area contributed by atoms with Crippen LogP contribution in [0.25, 0.3) is 5.76 Å². The summed E-state index contributed by atoms with van der Waals surface area (Å²) in [6.45, 7) is 13.2. The zero-order valence-corrected chi connectivity index (χ0v) is 19.3. The number of aryl methyl sites for hydroxylation is 1. The molecule has 0 fully saturated rings. The first-order chi connectivity index (χ1) is 12.9. The van der Waals surface area contributed by atoms with Crippen molar-refractivity contribution in [3.63, 3.8) is 0 Å². The molecule has 3 rings (SSSR count). The topological polar surface area (TPSA) is 46.6 Å². The summed E-state index contributed by atoms with van der Waals surface area (Å²) in [5.41, 5.74) is 2.52. The van der Waals surface area contributed by atoms with Crippen LogP contribution in [-0.2, 0) is 14.4 Å². The van der Waals surface area contributed by atoms with Gasteiger partial charge in [-0.05, 0) is 55.4 Å². The molecule has 1 aliphatic rings. The van der Waals surface area contributed by atoms with Crippen molar-refractivity contribution in [3.05, 3.63) is 65.7 Å². The van der Waals surface area contributed by atoms with Crippen molar-refractivity contribution < 1.29 is 12.8 Å². The smallest absolute Gasteiger partial charge is 0.264 e. The molecule has 0 saturated heterocycles. The molecule has 0 amide bonds. The van der Waals surface area contributed by atoms with Gasteiger partial charge in [-0.25, -0.2) is 8.42 Å². The number of anilines is 1. The molecule has 0 bridgehead atoms. The second-order valence-electron chi connectivity index (χ2n) is 8.80. The SMILES string of the molecule is Cc1ccc(S(=O)(=O)N2CC=C(O[Si](C)(C)C(C)(C)C)c3ccccc32)cc1. The van der Waals surface area contributed by atoms with Gasteiger partial charge < -0.3 is 4.43 Å². The normalized spacial score (nSPS) is 15.1. The molecule has 1 heterocycles. The quantitative estimate of drug-likeness (QED) is 0.614. The van der Waals surface area contributed by atoms with Crippen molar-refractivity contribution >= 4 is 29.8 Å². The fourth-order valence-electron chi connectivity index (χ4n) is 2.86. The summed E-state index contributed by atoms with van der Waals surface area (Å²) in [7, 11) is -5.68. The van der Waals surface area contributed by atoms with Gasteiger partial charge in [-0.2, -0.15) is 0 Å². The molecule has 2 aromatic carbocycles. The molecule has 1 aliphatic heterocycles. The molecule has 4 nitrogen and oxygen atoms in total. The lowest BCUT2D eigenvalue weighted by Gasteiger charge is -2.39. The Bertz CT molecular complexity index is 1000. The number of sulfonamides is 1. The Morgan fingerprint density at radius 2 is 1.61 bits per heavy atom. The molecule has 0 atom stereocenters. The predicted octanol–water partition coefficient (Wildman–Crippen LogP) is 5.57. The summed E-state index contributed by atoms with van der Waals surface area (Å²) in [6, 6.07) is 14.6. The lowest BCUT2D eigenvalue weighted by Crippen LogP contribution is -2.41. The van der Waals surface area contributed by atoms with Crippen molar-refractivity contribution in [1.29, 1.82) is 0 Å². The highest BCUT2D eigenvalue weighted by molar-refractivity contribution is 7.92. The van der Waals surface area contributed by atoms with E-state index < -0.39 is 18.3 Å². The number of hydrogen-bond acceptors (Lipinski definition) is 3. The van der Waals surface area contributed by atoms with Crippen molar-refractivity contribution in [2.45, 2.75) is 50.7 Å². The van der Waals surface area contributed by atoms with E-state index in [9.17, 15) is 8.42 Å². The van der Waals surface area contributed by atoms with Crippen molar-refractivity contribution in [2.75, 3.05) is 10.8 Å². The summed E-state index contributed by atoms with van der Waals surface area (Å²) in [5, 5.41) is 0.0634. The third kappa shape index (κ3) is 3.76. The Kier molecular flexibility index (Phi) is 5.23. The highest BCUT2D eigenvalue weighted by Gasteiger charge is 2.41. The molecule has 0 aromatic heterocycles. The molecule has 0 spiro atoms. The fourth-order valence-corrected chi connectivity index (χ4v) is 5.34. The molecule has 0 aliphatic carbocycles. The number of hydrogen-bond donors (Lipinski definition) is 0. The minimum atomic E-state index is -3.64. The Morgan fingerprint density at radius 3 is 2.21 bits per heavy atom. The van der Waals surface area contributed by atoms with E-state index in [1.54, 1.807) is 12.1 Å². The van der Waals surface area contributed by atoms with E-state index in [0.717, 1.165) is 16.9 Å². The third-order valence-corrected chi connectivity index (χ3v) is 11.8.